The van der Waals surface area contributed by atoms with E-state index in [-0.39, 0.29) is 0 Å². The van der Waals surface area contributed by atoms with Crippen molar-refractivity contribution in [2.24, 2.45) is 0 Å². The molecule has 0 radical (unpaired) electrons. The van der Waals surface area contributed by atoms with Crippen LogP contribution in [0.3, 0.4) is 0 Å². The van der Waals surface area contributed by atoms with Crippen molar-refractivity contribution in [3.63, 3.8) is 0 Å². The van der Waals surface area contributed by atoms with Crippen molar-refractivity contribution >= 4 is 12.2 Å². The summed E-state index contributed by atoms with van der Waals surface area (Å²) in [6, 6.07) is 13.1. The van der Waals surface area contributed by atoms with Crippen LogP contribution in [0.25, 0.3) is 12.2 Å². The summed E-state index contributed by atoms with van der Waals surface area (Å²) in [5.74, 6) is 0.427. The van der Waals surface area contributed by atoms with E-state index in [2.05, 4.69) is 99.7 Å². The second-order valence-corrected chi connectivity index (χ2v) is 7.80. The molecule has 1 aliphatic rings. The maximum absolute atomic E-state index is 4.75. The van der Waals surface area contributed by atoms with Crippen LogP contribution in [0.4, 0.5) is 0 Å². The number of rotatable bonds is 7. The molecule has 1 atom stereocenters. The second-order valence-electron chi connectivity index (χ2n) is 7.80. The Hall–Kier alpha value is -2.67. The van der Waals surface area contributed by atoms with E-state index < -0.39 is 0 Å². The Labute approximate surface area is 175 Å². The molecule has 0 fully saturated rings. The van der Waals surface area contributed by atoms with Crippen LogP contribution in [0, 0.1) is 6.92 Å². The van der Waals surface area contributed by atoms with E-state index in [0.29, 0.717) is 5.92 Å². The van der Waals surface area contributed by atoms with Gasteiger partial charge in [-0.2, -0.15) is 0 Å². The zero-order valence-electron chi connectivity index (χ0n) is 18.1. The highest BCUT2D eigenvalue weighted by molar-refractivity contribution is 5.37. The molecule has 29 heavy (non-hydrogen) atoms. The Kier molecular flexibility index (Phi) is 7.81. The van der Waals surface area contributed by atoms with Crippen molar-refractivity contribution in [1.82, 2.24) is 4.98 Å². The summed E-state index contributed by atoms with van der Waals surface area (Å²) < 4.78 is 0. The average molecular weight is 384 g/mol. The lowest BCUT2D eigenvalue weighted by Gasteiger charge is -2.17. The quantitative estimate of drug-likeness (QED) is 0.540. The van der Waals surface area contributed by atoms with Gasteiger partial charge in [0.25, 0.3) is 0 Å². The number of pyridine rings is 1. The van der Waals surface area contributed by atoms with Gasteiger partial charge in [-0.3, -0.25) is 4.98 Å². The van der Waals surface area contributed by atoms with E-state index in [9.17, 15) is 0 Å². The molecule has 0 amide bonds. The predicted molar refractivity (Wildman–Crippen MR) is 126 cm³/mol. The molecule has 0 aliphatic heterocycles. The monoisotopic (exact) mass is 383 g/mol. The molecular weight excluding hydrogens is 350 g/mol. The molecule has 0 bridgehead atoms. The van der Waals surface area contributed by atoms with Gasteiger partial charge in [-0.25, -0.2) is 0 Å². The van der Waals surface area contributed by atoms with Crippen molar-refractivity contribution in [1.29, 1.82) is 0 Å². The Morgan fingerprint density at radius 3 is 2.55 bits per heavy atom. The van der Waals surface area contributed by atoms with Gasteiger partial charge in [0, 0.05) is 23.7 Å². The summed E-state index contributed by atoms with van der Waals surface area (Å²) >= 11 is 0. The van der Waals surface area contributed by atoms with Gasteiger partial charge in [0.15, 0.2) is 0 Å². The minimum atomic E-state index is 0.427. The first kappa shape index (κ1) is 21.0. The van der Waals surface area contributed by atoms with E-state index in [1.54, 1.807) is 0 Å². The van der Waals surface area contributed by atoms with Crippen LogP contribution < -0.4 is 10.4 Å². The number of hydrogen-bond donors (Lipinski definition) is 0. The van der Waals surface area contributed by atoms with Gasteiger partial charge < -0.3 is 0 Å². The largest absolute Gasteiger partial charge is 0.258 e. The number of hydrogen-bond acceptors (Lipinski definition) is 1. The number of aromatic nitrogens is 1. The highest BCUT2D eigenvalue weighted by Crippen LogP contribution is 2.28. The van der Waals surface area contributed by atoms with Crippen LogP contribution >= 0.6 is 0 Å². The molecule has 2 aromatic rings. The molecule has 3 rings (SSSR count). The minimum Gasteiger partial charge on any atom is -0.258 e. The van der Waals surface area contributed by atoms with E-state index in [1.807, 2.05) is 0 Å². The predicted octanol–water partition coefficient (Wildman–Crippen LogP) is 5.93. The lowest BCUT2D eigenvalue weighted by Crippen LogP contribution is -2.23. The van der Waals surface area contributed by atoms with Crippen LogP contribution in [-0.4, -0.2) is 4.98 Å². The van der Waals surface area contributed by atoms with Crippen LogP contribution in [0.15, 0.2) is 72.4 Å². The van der Waals surface area contributed by atoms with Crippen LogP contribution in [0.5, 0.6) is 0 Å². The molecule has 1 heterocycles. The van der Waals surface area contributed by atoms with Gasteiger partial charge >= 0.3 is 0 Å². The highest BCUT2D eigenvalue weighted by Gasteiger charge is 2.12. The topological polar surface area (TPSA) is 12.9 Å². The Bertz CT molecular complexity index is 1020. The first-order valence-electron chi connectivity index (χ1n) is 10.9. The molecule has 0 spiro atoms. The molecule has 1 unspecified atom stereocenters. The second kappa shape index (κ2) is 10.8. The molecule has 1 nitrogen and oxygen atoms in total. The number of allylic oxidation sites excluding steroid dienone is 6. The summed E-state index contributed by atoms with van der Waals surface area (Å²) in [4.78, 5) is 4.75. The van der Waals surface area contributed by atoms with E-state index in [1.165, 1.54) is 28.0 Å². The molecule has 0 saturated carbocycles. The minimum absolute atomic E-state index is 0.427. The summed E-state index contributed by atoms with van der Waals surface area (Å²) in [6.07, 6.45) is 21.3. The standard InChI is InChI=1S/C28H33N/c1-4-13-25-17-11-12-18-26(25)16-9-6-10-19-28-21-27(20-22(2)29-28)23(3)24-14-7-5-8-15-24/h6-7,10-18,20-21,23H,4-5,8-9,19H2,1-3H3/b10-6-,25-13-,26-16-. The zero-order chi connectivity index (χ0) is 20.5. The number of nitrogens with zero attached hydrogens (tertiary/aromatic N) is 1. The SMILES string of the molecule is CC/C=c1/cccc/c1=C/C/C=C\Cc1cc(C(C)C2=CCCC=C2)cc(C)n1. The summed E-state index contributed by atoms with van der Waals surface area (Å²) in [7, 11) is 0. The third-order valence-electron chi connectivity index (χ3n) is 5.44. The van der Waals surface area contributed by atoms with E-state index in [0.717, 1.165) is 37.1 Å². The molecule has 1 aromatic heterocycles. The molecule has 1 aromatic carbocycles. The number of aryl methyl sites for hydroxylation is 1. The first-order valence-corrected chi connectivity index (χ1v) is 10.9. The summed E-state index contributed by atoms with van der Waals surface area (Å²) in [6.45, 7) is 6.58. The van der Waals surface area contributed by atoms with Crippen molar-refractivity contribution < 1.29 is 0 Å². The maximum atomic E-state index is 4.75. The van der Waals surface area contributed by atoms with Crippen LogP contribution in [0.1, 0.15) is 62.4 Å². The van der Waals surface area contributed by atoms with Crippen molar-refractivity contribution in [2.75, 3.05) is 0 Å². The fourth-order valence-corrected chi connectivity index (χ4v) is 3.87. The zero-order valence-corrected chi connectivity index (χ0v) is 18.1. The molecule has 1 heteroatoms. The Balaban J connectivity index is 1.67. The highest BCUT2D eigenvalue weighted by atomic mass is 14.7. The maximum Gasteiger partial charge on any atom is 0.0447 e. The van der Waals surface area contributed by atoms with Crippen LogP contribution in [-0.2, 0) is 6.42 Å². The van der Waals surface area contributed by atoms with E-state index >= 15 is 0 Å². The van der Waals surface area contributed by atoms with Crippen molar-refractivity contribution in [3.8, 4) is 0 Å². The Morgan fingerprint density at radius 2 is 1.83 bits per heavy atom. The van der Waals surface area contributed by atoms with Gasteiger partial charge in [0.2, 0.25) is 0 Å². The number of benzene rings is 1. The summed E-state index contributed by atoms with van der Waals surface area (Å²) in [5, 5.41) is 2.64. The third kappa shape index (κ3) is 6.15. The molecule has 1 aliphatic carbocycles. The normalized spacial score (nSPS) is 16.4. The molecular formula is C28H33N. The van der Waals surface area contributed by atoms with Gasteiger partial charge in [-0.15, -0.1) is 0 Å². The average Bonchev–Trinajstić information content (AvgIpc) is 2.74. The smallest absolute Gasteiger partial charge is 0.0447 e. The van der Waals surface area contributed by atoms with Gasteiger partial charge in [0.05, 0.1) is 0 Å². The van der Waals surface area contributed by atoms with Crippen molar-refractivity contribution in [2.45, 2.75) is 58.8 Å². The summed E-state index contributed by atoms with van der Waals surface area (Å²) in [5.41, 5.74) is 5.06. The Morgan fingerprint density at radius 1 is 1.03 bits per heavy atom. The fraction of sp³-hybridized carbons (Fsp3) is 0.321. The van der Waals surface area contributed by atoms with Gasteiger partial charge in [-0.1, -0.05) is 80.6 Å². The fourth-order valence-electron chi connectivity index (χ4n) is 3.87. The van der Waals surface area contributed by atoms with Gasteiger partial charge in [-0.05, 0) is 66.3 Å². The first-order chi connectivity index (χ1) is 14.2. The van der Waals surface area contributed by atoms with Crippen molar-refractivity contribution in [3.05, 3.63) is 99.7 Å². The molecule has 150 valence electrons. The van der Waals surface area contributed by atoms with Crippen LogP contribution in [0.2, 0.25) is 0 Å². The third-order valence-corrected chi connectivity index (χ3v) is 5.44. The lowest BCUT2D eigenvalue weighted by atomic mass is 9.89. The van der Waals surface area contributed by atoms with Gasteiger partial charge in [0.1, 0.15) is 0 Å². The lowest BCUT2D eigenvalue weighted by molar-refractivity contribution is 0.869. The molecule has 0 N–H and O–H groups in total. The van der Waals surface area contributed by atoms with E-state index in [4.69, 9.17) is 4.98 Å². The molecule has 0 saturated heterocycles.